The molecule has 0 radical (unpaired) electrons. The van der Waals surface area contributed by atoms with E-state index >= 15 is 0 Å². The molecule has 0 bridgehead atoms. The van der Waals surface area contributed by atoms with Crippen LogP contribution in [0.1, 0.15) is 165 Å². The average Bonchev–Trinajstić information content (AvgIpc) is 3.14. The van der Waals surface area contributed by atoms with E-state index in [1.807, 2.05) is 0 Å². The van der Waals surface area contributed by atoms with E-state index in [0.29, 0.717) is 12.2 Å². The summed E-state index contributed by atoms with van der Waals surface area (Å²) in [4.78, 5) is 9.14. The van der Waals surface area contributed by atoms with Gasteiger partial charge in [-0.05, 0) is 62.5 Å². The Labute approximate surface area is 293 Å². The summed E-state index contributed by atoms with van der Waals surface area (Å²) in [6.45, 7) is 12.1. The van der Waals surface area contributed by atoms with E-state index in [-0.39, 0.29) is 12.6 Å². The van der Waals surface area contributed by atoms with Crippen LogP contribution in [0.25, 0.3) is 0 Å². The van der Waals surface area contributed by atoms with Crippen LogP contribution in [0.15, 0.2) is 48.5 Å². The summed E-state index contributed by atoms with van der Waals surface area (Å²) < 4.78 is 23.8. The van der Waals surface area contributed by atoms with Gasteiger partial charge in [0.15, 0.2) is 12.6 Å². The molecule has 4 unspecified atom stereocenters. The molecule has 272 valence electrons. The van der Waals surface area contributed by atoms with E-state index in [1.54, 1.807) is 0 Å². The first kappa shape index (κ1) is 40.6. The van der Waals surface area contributed by atoms with Gasteiger partial charge in [-0.2, -0.15) is 0 Å². The van der Waals surface area contributed by atoms with Gasteiger partial charge in [0, 0.05) is 11.1 Å². The molecular formula is C42H68O6. The molecule has 5 rings (SSSR count). The maximum Gasteiger partial charge on any atom is 0.184 e. The molecule has 2 aromatic carbocycles. The van der Waals surface area contributed by atoms with Crippen molar-refractivity contribution >= 4 is 0 Å². The quantitative estimate of drug-likeness (QED) is 0.131. The normalized spacial score (nSPS) is 22.6. The van der Waals surface area contributed by atoms with Gasteiger partial charge in [-0.25, -0.2) is 9.78 Å². The predicted octanol–water partition coefficient (Wildman–Crippen LogP) is 11.6. The van der Waals surface area contributed by atoms with Crippen LogP contribution in [0.2, 0.25) is 0 Å². The SMILES string of the molecule is C1CCOOC1.CCCCCC1CCOC(c2ccc(CCC)cc2)O1.CCCCCCCC1CCOC(c2ccc(CCC)cc2)O1. The van der Waals surface area contributed by atoms with Crippen LogP contribution >= 0.6 is 0 Å². The third kappa shape index (κ3) is 16.7. The number of benzene rings is 2. The number of hydrogen-bond acceptors (Lipinski definition) is 6. The van der Waals surface area contributed by atoms with Crippen LogP contribution < -0.4 is 0 Å². The van der Waals surface area contributed by atoms with Gasteiger partial charge in [0.25, 0.3) is 0 Å². The molecule has 3 fully saturated rings. The van der Waals surface area contributed by atoms with Crippen LogP contribution in [-0.4, -0.2) is 38.6 Å². The third-order valence-corrected chi connectivity index (χ3v) is 9.18. The van der Waals surface area contributed by atoms with Crippen LogP contribution in [0.4, 0.5) is 0 Å². The van der Waals surface area contributed by atoms with E-state index in [4.69, 9.17) is 18.9 Å². The van der Waals surface area contributed by atoms with Gasteiger partial charge in [0.05, 0.1) is 38.6 Å². The Balaban J connectivity index is 0.000000222. The molecule has 3 saturated heterocycles. The van der Waals surface area contributed by atoms with Gasteiger partial charge in [0.1, 0.15) is 0 Å². The zero-order valence-corrected chi connectivity index (χ0v) is 30.9. The van der Waals surface area contributed by atoms with Crippen molar-refractivity contribution in [2.45, 2.75) is 168 Å². The van der Waals surface area contributed by atoms with Crippen molar-refractivity contribution in [3.63, 3.8) is 0 Å². The van der Waals surface area contributed by atoms with Crippen LogP contribution in [0.5, 0.6) is 0 Å². The minimum Gasteiger partial charge on any atom is -0.348 e. The highest BCUT2D eigenvalue weighted by Gasteiger charge is 2.25. The fourth-order valence-electron chi connectivity index (χ4n) is 6.25. The highest BCUT2D eigenvalue weighted by molar-refractivity contribution is 5.24. The predicted molar refractivity (Wildman–Crippen MR) is 196 cm³/mol. The summed E-state index contributed by atoms with van der Waals surface area (Å²) in [7, 11) is 0. The lowest BCUT2D eigenvalue weighted by molar-refractivity contribution is -0.312. The molecule has 4 atom stereocenters. The van der Waals surface area contributed by atoms with Crippen LogP contribution in [0.3, 0.4) is 0 Å². The summed E-state index contributed by atoms with van der Waals surface area (Å²) in [6, 6.07) is 17.5. The Bertz CT molecular complexity index is 1010. The molecular weight excluding hydrogens is 600 g/mol. The fraction of sp³-hybridized carbons (Fsp3) is 0.714. The average molecular weight is 669 g/mol. The smallest absolute Gasteiger partial charge is 0.184 e. The first-order valence-electron chi connectivity index (χ1n) is 19.6. The van der Waals surface area contributed by atoms with Crippen molar-refractivity contribution < 1.29 is 28.7 Å². The second-order valence-corrected chi connectivity index (χ2v) is 13.5. The second-order valence-electron chi connectivity index (χ2n) is 13.5. The highest BCUT2D eigenvalue weighted by atomic mass is 17.2. The van der Waals surface area contributed by atoms with E-state index in [0.717, 1.165) is 76.1 Å². The molecule has 0 saturated carbocycles. The number of hydrogen-bond donors (Lipinski definition) is 0. The van der Waals surface area contributed by atoms with Gasteiger partial charge in [-0.3, -0.25) is 0 Å². The number of rotatable bonds is 16. The lowest BCUT2D eigenvalue weighted by Gasteiger charge is -2.30. The number of aryl methyl sites for hydroxylation is 2. The molecule has 0 N–H and O–H groups in total. The summed E-state index contributed by atoms with van der Waals surface area (Å²) >= 11 is 0. The first-order valence-corrected chi connectivity index (χ1v) is 19.6. The second kappa shape index (κ2) is 26.1. The van der Waals surface area contributed by atoms with Gasteiger partial charge in [0.2, 0.25) is 0 Å². The molecule has 2 aromatic rings. The van der Waals surface area contributed by atoms with Gasteiger partial charge in [-0.15, -0.1) is 0 Å². The topological polar surface area (TPSA) is 55.4 Å². The van der Waals surface area contributed by atoms with Crippen LogP contribution in [-0.2, 0) is 41.6 Å². The molecule has 48 heavy (non-hydrogen) atoms. The van der Waals surface area contributed by atoms with Crippen LogP contribution in [0, 0.1) is 0 Å². The lowest BCUT2D eigenvalue weighted by Crippen LogP contribution is -2.27. The van der Waals surface area contributed by atoms with Crippen molar-refractivity contribution in [1.82, 2.24) is 0 Å². The minimum atomic E-state index is -0.162. The summed E-state index contributed by atoms with van der Waals surface area (Å²) in [5.74, 6) is 0. The maximum absolute atomic E-state index is 6.16. The summed E-state index contributed by atoms with van der Waals surface area (Å²) in [5, 5.41) is 0. The summed E-state index contributed by atoms with van der Waals surface area (Å²) in [5.41, 5.74) is 5.11. The van der Waals surface area contributed by atoms with Crippen molar-refractivity contribution in [3.8, 4) is 0 Å². The van der Waals surface area contributed by atoms with E-state index in [2.05, 4.69) is 86.0 Å². The Morgan fingerprint density at radius 3 is 1.29 bits per heavy atom. The van der Waals surface area contributed by atoms with Gasteiger partial charge in [-0.1, -0.05) is 140 Å². The highest BCUT2D eigenvalue weighted by Crippen LogP contribution is 2.30. The number of unbranched alkanes of at least 4 members (excludes halogenated alkanes) is 6. The van der Waals surface area contributed by atoms with Crippen molar-refractivity contribution in [2.24, 2.45) is 0 Å². The summed E-state index contributed by atoms with van der Waals surface area (Å²) in [6.07, 6.45) is 22.3. The minimum absolute atomic E-state index is 0.161. The standard InChI is InChI=1S/C20H32O2.C18H28O2.C4H8O2/c1-3-5-6-7-8-10-19-15-16-21-20(22-19)18-13-11-17(9-4-2)12-14-18;1-3-5-6-8-17-13-14-19-18(20-17)16-11-9-15(7-4-2)10-12-16;1-2-4-6-5-3-1/h11-14,19-20H,3-10,15-16H2,1-2H3;9-12,17-18H,3-8,13-14H2,1-2H3;1-4H2. The zero-order chi connectivity index (χ0) is 34.1. The Hall–Kier alpha value is -1.80. The monoisotopic (exact) mass is 669 g/mol. The molecule has 3 aliphatic rings. The molecule has 3 aliphatic heterocycles. The van der Waals surface area contributed by atoms with Gasteiger partial charge < -0.3 is 18.9 Å². The molecule has 6 heteroatoms. The molecule has 0 aliphatic carbocycles. The van der Waals surface area contributed by atoms with E-state index in [1.165, 1.54) is 88.2 Å². The fourth-order valence-corrected chi connectivity index (χ4v) is 6.25. The van der Waals surface area contributed by atoms with E-state index in [9.17, 15) is 0 Å². The number of ether oxygens (including phenoxy) is 4. The van der Waals surface area contributed by atoms with E-state index < -0.39 is 0 Å². The Morgan fingerprint density at radius 2 is 0.896 bits per heavy atom. The first-order chi connectivity index (χ1) is 23.7. The van der Waals surface area contributed by atoms with Crippen molar-refractivity contribution in [1.29, 1.82) is 0 Å². The molecule has 0 spiro atoms. The Morgan fingerprint density at radius 1 is 0.479 bits per heavy atom. The largest absolute Gasteiger partial charge is 0.348 e. The molecule has 0 aromatic heterocycles. The van der Waals surface area contributed by atoms with Gasteiger partial charge >= 0.3 is 0 Å². The molecule has 3 heterocycles. The maximum atomic E-state index is 6.16. The lowest BCUT2D eigenvalue weighted by atomic mass is 10.0. The molecule has 0 amide bonds. The molecule has 6 nitrogen and oxygen atoms in total. The third-order valence-electron chi connectivity index (χ3n) is 9.18. The Kier molecular flexibility index (Phi) is 22.1. The van der Waals surface area contributed by atoms with Crippen molar-refractivity contribution in [3.05, 3.63) is 70.8 Å². The van der Waals surface area contributed by atoms with Crippen molar-refractivity contribution in [2.75, 3.05) is 26.4 Å². The zero-order valence-electron chi connectivity index (χ0n) is 30.9.